The predicted octanol–water partition coefficient (Wildman–Crippen LogP) is 5.44. The molecule has 1 aromatic rings. The van der Waals surface area contributed by atoms with E-state index >= 15 is 0 Å². The summed E-state index contributed by atoms with van der Waals surface area (Å²) < 4.78 is 2.30. The first-order chi connectivity index (χ1) is 8.58. The van der Waals surface area contributed by atoms with Gasteiger partial charge in [-0.05, 0) is 43.4 Å². The van der Waals surface area contributed by atoms with Crippen molar-refractivity contribution in [2.75, 3.05) is 0 Å². The molecule has 100 valence electrons. The Morgan fingerprint density at radius 1 is 1.22 bits per heavy atom. The van der Waals surface area contributed by atoms with Gasteiger partial charge in [0.25, 0.3) is 0 Å². The van der Waals surface area contributed by atoms with E-state index in [1.165, 1.54) is 35.7 Å². The average molecular weight is 375 g/mol. The smallest absolute Gasteiger partial charge is 0.0305 e. The summed E-state index contributed by atoms with van der Waals surface area (Å²) in [6, 6.07) is 7.50. The van der Waals surface area contributed by atoms with Crippen LogP contribution in [0.1, 0.15) is 51.1 Å². The van der Waals surface area contributed by atoms with Gasteiger partial charge in [0, 0.05) is 21.0 Å². The monoisotopic (exact) mass is 373 g/mol. The Kier molecular flexibility index (Phi) is 5.28. The molecular formula is C15H21Br2N. The van der Waals surface area contributed by atoms with Gasteiger partial charge < -0.3 is 5.32 Å². The van der Waals surface area contributed by atoms with Crippen molar-refractivity contribution in [1.82, 2.24) is 5.32 Å². The van der Waals surface area contributed by atoms with Gasteiger partial charge in [-0.2, -0.15) is 0 Å². The normalized spacial score (nSPS) is 26.0. The zero-order chi connectivity index (χ0) is 13.1. The summed E-state index contributed by atoms with van der Waals surface area (Å²) >= 11 is 7.16. The molecule has 0 heterocycles. The second-order valence-electron chi connectivity index (χ2n) is 5.42. The van der Waals surface area contributed by atoms with E-state index in [0.29, 0.717) is 12.1 Å². The molecule has 0 aliphatic heterocycles. The SMILES string of the molecule is CC(NC1CCCCC1C)c1ccc(Br)cc1Br. The summed E-state index contributed by atoms with van der Waals surface area (Å²) in [4.78, 5) is 0. The second-order valence-corrected chi connectivity index (χ2v) is 7.19. The van der Waals surface area contributed by atoms with E-state index in [0.717, 1.165) is 10.4 Å². The van der Waals surface area contributed by atoms with E-state index in [1.807, 2.05) is 0 Å². The molecule has 0 spiro atoms. The van der Waals surface area contributed by atoms with Gasteiger partial charge >= 0.3 is 0 Å². The summed E-state index contributed by atoms with van der Waals surface area (Å²) in [6.45, 7) is 4.63. The van der Waals surface area contributed by atoms with Crippen LogP contribution >= 0.6 is 31.9 Å². The first kappa shape index (κ1) is 14.5. The van der Waals surface area contributed by atoms with Crippen LogP contribution in [0.4, 0.5) is 0 Å². The van der Waals surface area contributed by atoms with Gasteiger partial charge in [-0.1, -0.05) is 57.7 Å². The van der Waals surface area contributed by atoms with Crippen molar-refractivity contribution in [2.24, 2.45) is 5.92 Å². The van der Waals surface area contributed by atoms with Crippen molar-refractivity contribution in [3.63, 3.8) is 0 Å². The van der Waals surface area contributed by atoms with Crippen molar-refractivity contribution in [3.05, 3.63) is 32.7 Å². The zero-order valence-electron chi connectivity index (χ0n) is 11.0. The molecule has 18 heavy (non-hydrogen) atoms. The molecule has 3 atom stereocenters. The van der Waals surface area contributed by atoms with E-state index in [9.17, 15) is 0 Å². The lowest BCUT2D eigenvalue weighted by Gasteiger charge is -2.32. The summed E-state index contributed by atoms with van der Waals surface area (Å²) in [5.41, 5.74) is 1.34. The van der Waals surface area contributed by atoms with Crippen LogP contribution in [0.15, 0.2) is 27.1 Å². The first-order valence-electron chi connectivity index (χ1n) is 6.79. The van der Waals surface area contributed by atoms with E-state index in [2.05, 4.69) is 69.2 Å². The van der Waals surface area contributed by atoms with Crippen LogP contribution in [0.5, 0.6) is 0 Å². The van der Waals surface area contributed by atoms with E-state index < -0.39 is 0 Å². The molecule has 1 nitrogen and oxygen atoms in total. The minimum atomic E-state index is 0.401. The lowest BCUT2D eigenvalue weighted by Crippen LogP contribution is -2.38. The molecule has 0 bridgehead atoms. The van der Waals surface area contributed by atoms with Crippen LogP contribution in [0, 0.1) is 5.92 Å². The van der Waals surface area contributed by atoms with Gasteiger partial charge in [0.05, 0.1) is 0 Å². The second kappa shape index (κ2) is 6.53. The zero-order valence-corrected chi connectivity index (χ0v) is 14.2. The van der Waals surface area contributed by atoms with Crippen LogP contribution < -0.4 is 5.32 Å². The highest BCUT2D eigenvalue weighted by Gasteiger charge is 2.23. The molecule has 1 aliphatic carbocycles. The minimum absolute atomic E-state index is 0.401. The van der Waals surface area contributed by atoms with E-state index in [-0.39, 0.29) is 0 Å². The highest BCUT2D eigenvalue weighted by Crippen LogP contribution is 2.30. The third kappa shape index (κ3) is 3.58. The van der Waals surface area contributed by atoms with Crippen LogP contribution in [-0.2, 0) is 0 Å². The van der Waals surface area contributed by atoms with Crippen LogP contribution in [0.25, 0.3) is 0 Å². The Hall–Kier alpha value is 0.140. The maximum absolute atomic E-state index is 3.80. The van der Waals surface area contributed by atoms with E-state index in [4.69, 9.17) is 0 Å². The van der Waals surface area contributed by atoms with Gasteiger partial charge in [-0.3, -0.25) is 0 Å². The molecule has 1 aromatic carbocycles. The number of hydrogen-bond acceptors (Lipinski definition) is 1. The lowest BCUT2D eigenvalue weighted by molar-refractivity contribution is 0.263. The minimum Gasteiger partial charge on any atom is -0.307 e. The maximum Gasteiger partial charge on any atom is 0.0305 e. The van der Waals surface area contributed by atoms with Crippen molar-refractivity contribution >= 4 is 31.9 Å². The first-order valence-corrected chi connectivity index (χ1v) is 8.37. The average Bonchev–Trinajstić information content (AvgIpc) is 2.32. The van der Waals surface area contributed by atoms with Crippen molar-refractivity contribution in [1.29, 1.82) is 0 Å². The van der Waals surface area contributed by atoms with Gasteiger partial charge in [0.2, 0.25) is 0 Å². The summed E-state index contributed by atoms with van der Waals surface area (Å²) in [5.74, 6) is 0.801. The summed E-state index contributed by atoms with van der Waals surface area (Å²) in [6.07, 6.45) is 5.46. The van der Waals surface area contributed by atoms with E-state index in [1.54, 1.807) is 0 Å². The van der Waals surface area contributed by atoms with Gasteiger partial charge in [-0.25, -0.2) is 0 Å². The Morgan fingerprint density at radius 2 is 1.94 bits per heavy atom. The fourth-order valence-electron chi connectivity index (χ4n) is 2.83. The predicted molar refractivity (Wildman–Crippen MR) is 84.8 cm³/mol. The summed E-state index contributed by atoms with van der Waals surface area (Å²) in [5, 5.41) is 3.80. The largest absolute Gasteiger partial charge is 0.307 e. The molecule has 1 fully saturated rings. The highest BCUT2D eigenvalue weighted by atomic mass is 79.9. The quantitative estimate of drug-likeness (QED) is 0.742. The molecular weight excluding hydrogens is 354 g/mol. The molecule has 1 N–H and O–H groups in total. The lowest BCUT2D eigenvalue weighted by atomic mass is 9.85. The Labute approximate surface area is 127 Å². The molecule has 0 aromatic heterocycles. The summed E-state index contributed by atoms with van der Waals surface area (Å²) in [7, 11) is 0. The van der Waals surface area contributed by atoms with Gasteiger partial charge in [0.1, 0.15) is 0 Å². The van der Waals surface area contributed by atoms with Gasteiger partial charge in [-0.15, -0.1) is 0 Å². The molecule has 3 unspecified atom stereocenters. The molecule has 0 amide bonds. The maximum atomic E-state index is 3.80. The standard InChI is InChI=1S/C15H21Br2N/c1-10-5-3-4-6-15(10)18-11(2)13-8-7-12(16)9-14(13)17/h7-11,15,18H,3-6H2,1-2H3. The third-order valence-corrected chi connectivity index (χ3v) is 5.18. The number of hydrogen-bond donors (Lipinski definition) is 1. The van der Waals surface area contributed by atoms with Crippen molar-refractivity contribution < 1.29 is 0 Å². The third-order valence-electron chi connectivity index (χ3n) is 4.00. The molecule has 3 heteroatoms. The van der Waals surface area contributed by atoms with Crippen LogP contribution in [-0.4, -0.2) is 6.04 Å². The molecule has 2 rings (SSSR count). The van der Waals surface area contributed by atoms with Crippen LogP contribution in [0.2, 0.25) is 0 Å². The van der Waals surface area contributed by atoms with Crippen molar-refractivity contribution in [2.45, 2.75) is 51.6 Å². The number of benzene rings is 1. The molecule has 1 aliphatic rings. The highest BCUT2D eigenvalue weighted by molar-refractivity contribution is 9.11. The number of nitrogens with one attached hydrogen (secondary N) is 1. The topological polar surface area (TPSA) is 12.0 Å². The molecule has 1 saturated carbocycles. The Bertz CT molecular complexity index is 405. The van der Waals surface area contributed by atoms with Crippen LogP contribution in [0.3, 0.4) is 0 Å². The molecule has 0 saturated heterocycles. The Morgan fingerprint density at radius 3 is 2.61 bits per heavy atom. The molecule has 0 radical (unpaired) electrons. The number of rotatable bonds is 3. The van der Waals surface area contributed by atoms with Crippen molar-refractivity contribution in [3.8, 4) is 0 Å². The fourth-order valence-corrected chi connectivity index (χ4v) is 4.22. The number of halogens is 2. The Balaban J connectivity index is 2.04. The fraction of sp³-hybridized carbons (Fsp3) is 0.600. The van der Waals surface area contributed by atoms with Gasteiger partial charge in [0.15, 0.2) is 0 Å².